The van der Waals surface area contributed by atoms with Gasteiger partial charge >= 0.3 is 6.03 Å². The average Bonchev–Trinajstić information content (AvgIpc) is 1.93. The number of nitrogens with two attached hydrogens (primary N) is 1. The fourth-order valence-electron chi connectivity index (χ4n) is 0.616. The first kappa shape index (κ1) is 7.88. The van der Waals surface area contributed by atoms with E-state index in [9.17, 15) is 4.79 Å². The molecule has 0 bridgehead atoms. The molecule has 11 heavy (non-hydrogen) atoms. The molecule has 2 amide bonds. The van der Waals surface area contributed by atoms with Crippen LogP contribution in [0, 0.1) is 6.07 Å². The molecular weight excluding hydrogens is 164 g/mol. The van der Waals surface area contributed by atoms with Gasteiger partial charge in [-0.05, 0) is 18.2 Å². The zero-order valence-corrected chi connectivity index (χ0v) is 6.35. The number of carbonyl (C=O) groups excluding carboxylic acids is 1. The molecule has 1 rings (SSSR count). The number of rotatable bonds is 1. The standard InChI is InChI=1S/C7H6ClN2O/c8-5-1-3-6(4-2-5)10-7(9)11/h1-3H,(H3,9,10,11). The van der Waals surface area contributed by atoms with E-state index >= 15 is 0 Å². The number of hydrogen-bond donors (Lipinski definition) is 2. The van der Waals surface area contributed by atoms with Gasteiger partial charge < -0.3 is 11.1 Å². The van der Waals surface area contributed by atoms with Crippen LogP contribution in [0.4, 0.5) is 10.5 Å². The van der Waals surface area contributed by atoms with Crippen molar-refractivity contribution in [2.75, 3.05) is 5.32 Å². The van der Waals surface area contributed by atoms with Crippen LogP contribution < -0.4 is 11.1 Å². The van der Waals surface area contributed by atoms with Crippen molar-refractivity contribution in [1.82, 2.24) is 0 Å². The molecule has 3 nitrogen and oxygen atoms in total. The number of halogens is 1. The summed E-state index contributed by atoms with van der Waals surface area (Å²) in [7, 11) is 0. The average molecular weight is 170 g/mol. The minimum Gasteiger partial charge on any atom is -0.351 e. The number of benzene rings is 1. The molecule has 0 aromatic heterocycles. The van der Waals surface area contributed by atoms with Crippen LogP contribution in [-0.4, -0.2) is 6.03 Å². The summed E-state index contributed by atoms with van der Waals surface area (Å²) in [6.45, 7) is 0. The Morgan fingerprint density at radius 2 is 2.36 bits per heavy atom. The summed E-state index contributed by atoms with van der Waals surface area (Å²) >= 11 is 5.57. The first-order valence-corrected chi connectivity index (χ1v) is 3.30. The van der Waals surface area contributed by atoms with E-state index in [-0.39, 0.29) is 0 Å². The Bertz CT molecular complexity index is 258. The molecule has 0 spiro atoms. The Balaban J connectivity index is 2.74. The normalized spacial score (nSPS) is 9.18. The molecule has 0 saturated carbocycles. The molecule has 0 heterocycles. The van der Waals surface area contributed by atoms with Crippen molar-refractivity contribution < 1.29 is 4.79 Å². The Labute approximate surface area is 69.2 Å². The van der Waals surface area contributed by atoms with Crippen LogP contribution in [0.15, 0.2) is 18.2 Å². The third kappa shape index (κ3) is 2.47. The summed E-state index contributed by atoms with van der Waals surface area (Å²) in [4.78, 5) is 10.3. The van der Waals surface area contributed by atoms with Crippen LogP contribution in [0.2, 0.25) is 5.02 Å². The van der Waals surface area contributed by atoms with Gasteiger partial charge in [0.25, 0.3) is 0 Å². The molecule has 1 radical (unpaired) electrons. The fraction of sp³-hybridized carbons (Fsp3) is 0. The van der Waals surface area contributed by atoms with Gasteiger partial charge in [-0.15, -0.1) is 0 Å². The van der Waals surface area contributed by atoms with Gasteiger partial charge in [-0.2, -0.15) is 0 Å². The number of hydrogen-bond acceptors (Lipinski definition) is 1. The Morgan fingerprint density at radius 3 is 2.82 bits per heavy atom. The van der Waals surface area contributed by atoms with Gasteiger partial charge in [-0.1, -0.05) is 11.6 Å². The highest BCUT2D eigenvalue weighted by molar-refractivity contribution is 6.30. The SMILES string of the molecule is NC(=O)Nc1[c]cc(Cl)cc1. The lowest BCUT2D eigenvalue weighted by molar-refractivity contribution is 0.259. The van der Waals surface area contributed by atoms with Gasteiger partial charge in [-0.3, -0.25) is 0 Å². The lowest BCUT2D eigenvalue weighted by Crippen LogP contribution is -2.19. The zero-order chi connectivity index (χ0) is 8.27. The summed E-state index contributed by atoms with van der Waals surface area (Å²) in [6.07, 6.45) is 0. The lowest BCUT2D eigenvalue weighted by atomic mass is 10.3. The quantitative estimate of drug-likeness (QED) is 0.660. The van der Waals surface area contributed by atoms with Gasteiger partial charge in [0, 0.05) is 11.1 Å². The van der Waals surface area contributed by atoms with Crippen molar-refractivity contribution in [2.45, 2.75) is 0 Å². The van der Waals surface area contributed by atoms with E-state index in [2.05, 4.69) is 11.4 Å². The predicted octanol–water partition coefficient (Wildman–Crippen LogP) is 1.63. The minimum absolute atomic E-state index is 0.516. The molecule has 0 atom stereocenters. The summed E-state index contributed by atoms with van der Waals surface area (Å²) < 4.78 is 0. The van der Waals surface area contributed by atoms with Gasteiger partial charge in [0.1, 0.15) is 0 Å². The summed E-state index contributed by atoms with van der Waals surface area (Å²) in [5.74, 6) is 0. The molecule has 0 aliphatic heterocycles. The Morgan fingerprint density at radius 1 is 1.64 bits per heavy atom. The maximum Gasteiger partial charge on any atom is 0.316 e. The molecule has 0 aliphatic carbocycles. The second kappa shape index (κ2) is 3.25. The van der Waals surface area contributed by atoms with E-state index in [1.807, 2.05) is 0 Å². The van der Waals surface area contributed by atoms with Gasteiger partial charge in [0.05, 0.1) is 5.69 Å². The van der Waals surface area contributed by atoms with Crippen molar-refractivity contribution in [3.63, 3.8) is 0 Å². The molecule has 1 aromatic carbocycles. The maximum atomic E-state index is 10.3. The highest BCUT2D eigenvalue weighted by Gasteiger charge is 1.94. The van der Waals surface area contributed by atoms with E-state index < -0.39 is 6.03 Å². The first-order chi connectivity index (χ1) is 5.18. The van der Waals surface area contributed by atoms with E-state index in [0.29, 0.717) is 10.7 Å². The van der Waals surface area contributed by atoms with Gasteiger partial charge in [0.2, 0.25) is 0 Å². The van der Waals surface area contributed by atoms with Crippen molar-refractivity contribution >= 4 is 23.3 Å². The summed E-state index contributed by atoms with van der Waals surface area (Å²) in [5, 5.41) is 2.93. The molecule has 0 unspecified atom stereocenters. The molecule has 0 aliphatic rings. The smallest absolute Gasteiger partial charge is 0.316 e. The predicted molar refractivity (Wildman–Crippen MR) is 43.5 cm³/mol. The zero-order valence-electron chi connectivity index (χ0n) is 5.60. The fourth-order valence-corrected chi connectivity index (χ4v) is 0.734. The van der Waals surface area contributed by atoms with E-state index in [1.54, 1.807) is 18.2 Å². The second-order valence-electron chi connectivity index (χ2n) is 1.91. The number of amides is 2. The van der Waals surface area contributed by atoms with Crippen LogP contribution in [0.1, 0.15) is 0 Å². The number of primary amides is 1. The van der Waals surface area contributed by atoms with Crippen LogP contribution in [0.5, 0.6) is 0 Å². The van der Waals surface area contributed by atoms with Crippen molar-refractivity contribution in [2.24, 2.45) is 5.73 Å². The molecule has 3 N–H and O–H groups in total. The second-order valence-corrected chi connectivity index (χ2v) is 2.35. The van der Waals surface area contributed by atoms with Crippen LogP contribution in [0.3, 0.4) is 0 Å². The van der Waals surface area contributed by atoms with Crippen LogP contribution >= 0.6 is 11.6 Å². The highest BCUT2D eigenvalue weighted by atomic mass is 35.5. The Kier molecular flexibility index (Phi) is 2.33. The van der Waals surface area contributed by atoms with E-state index in [1.165, 1.54) is 0 Å². The number of urea groups is 1. The number of anilines is 1. The van der Waals surface area contributed by atoms with Gasteiger partial charge in [0.15, 0.2) is 0 Å². The summed E-state index contributed by atoms with van der Waals surface area (Å²) in [5.41, 5.74) is 5.38. The molecule has 4 heteroatoms. The third-order valence-corrected chi connectivity index (χ3v) is 1.27. The monoisotopic (exact) mass is 169 g/mol. The summed E-state index contributed by atoms with van der Waals surface area (Å²) in [6, 6.07) is 6.93. The van der Waals surface area contributed by atoms with Crippen molar-refractivity contribution in [1.29, 1.82) is 0 Å². The van der Waals surface area contributed by atoms with Crippen molar-refractivity contribution in [3.8, 4) is 0 Å². The molecule has 0 fully saturated rings. The minimum atomic E-state index is -0.608. The van der Waals surface area contributed by atoms with Gasteiger partial charge in [-0.25, -0.2) is 4.79 Å². The highest BCUT2D eigenvalue weighted by Crippen LogP contribution is 2.11. The molecule has 1 aromatic rings. The van der Waals surface area contributed by atoms with Crippen LogP contribution in [0.25, 0.3) is 0 Å². The van der Waals surface area contributed by atoms with Crippen LogP contribution in [-0.2, 0) is 0 Å². The first-order valence-electron chi connectivity index (χ1n) is 2.92. The molecule has 57 valence electrons. The third-order valence-electron chi connectivity index (χ3n) is 1.03. The molecular formula is C7H6ClN2O. The lowest BCUT2D eigenvalue weighted by Gasteiger charge is -1.98. The number of carbonyl (C=O) groups is 1. The number of nitrogens with one attached hydrogen (secondary N) is 1. The largest absolute Gasteiger partial charge is 0.351 e. The Hall–Kier alpha value is -1.22. The van der Waals surface area contributed by atoms with Crippen molar-refractivity contribution in [3.05, 3.63) is 29.3 Å². The van der Waals surface area contributed by atoms with E-state index in [4.69, 9.17) is 17.3 Å². The maximum absolute atomic E-state index is 10.3. The topological polar surface area (TPSA) is 55.1 Å². The van der Waals surface area contributed by atoms with E-state index in [0.717, 1.165) is 0 Å². The molecule has 0 saturated heterocycles.